The Hall–Kier alpha value is -2.93. The lowest BCUT2D eigenvalue weighted by Gasteiger charge is -2.54. The number of fused-ring (bicyclic) bond motifs is 1. The fourth-order valence-electron chi connectivity index (χ4n) is 4.78. The van der Waals surface area contributed by atoms with Crippen LogP contribution in [0.2, 0.25) is 10.0 Å². The van der Waals surface area contributed by atoms with Crippen LogP contribution < -0.4 is 5.32 Å². The van der Waals surface area contributed by atoms with Gasteiger partial charge in [0.2, 0.25) is 21.8 Å². The summed E-state index contributed by atoms with van der Waals surface area (Å²) < 4.78 is 42.3. The van der Waals surface area contributed by atoms with E-state index in [9.17, 15) is 32.3 Å². The lowest BCUT2D eigenvalue weighted by Crippen LogP contribution is -2.76. The molecule has 4 rings (SSSR count). The van der Waals surface area contributed by atoms with E-state index in [2.05, 4.69) is 5.32 Å². The van der Waals surface area contributed by atoms with Gasteiger partial charge in [-0.05, 0) is 49.7 Å². The van der Waals surface area contributed by atoms with Crippen molar-refractivity contribution in [3.63, 3.8) is 0 Å². The summed E-state index contributed by atoms with van der Waals surface area (Å²) >= 11 is 12.2. The molecule has 2 heterocycles. The summed E-state index contributed by atoms with van der Waals surface area (Å²) in [4.78, 5) is 41.0. The number of benzene rings is 2. The van der Waals surface area contributed by atoms with Crippen LogP contribution in [0.1, 0.15) is 19.4 Å². The molecule has 10 nitrogen and oxygen atoms in total. The van der Waals surface area contributed by atoms with Crippen LogP contribution in [0.4, 0.5) is 9.18 Å². The van der Waals surface area contributed by atoms with Gasteiger partial charge >= 0.3 is 6.09 Å². The third-order valence-corrected chi connectivity index (χ3v) is 9.16. The number of rotatable bonds is 6. The van der Waals surface area contributed by atoms with E-state index in [1.807, 2.05) is 0 Å². The summed E-state index contributed by atoms with van der Waals surface area (Å²) in [5, 5.41) is 11.5. The van der Waals surface area contributed by atoms with Crippen molar-refractivity contribution in [1.82, 2.24) is 19.4 Å². The summed E-state index contributed by atoms with van der Waals surface area (Å²) in [5.74, 6) is -1.66. The van der Waals surface area contributed by atoms with Crippen LogP contribution in [-0.4, -0.2) is 82.9 Å². The Morgan fingerprint density at radius 3 is 2.34 bits per heavy atom. The number of hydrogen-bond donors (Lipinski definition) is 2. The molecule has 0 bridgehead atoms. The van der Waals surface area contributed by atoms with E-state index in [1.165, 1.54) is 47.4 Å². The predicted molar refractivity (Wildman–Crippen MR) is 137 cm³/mol. The number of carbonyl (C=O) groups is 3. The smallest absolute Gasteiger partial charge is 0.405 e. The number of carboxylic acid groups (broad SMARTS) is 1. The van der Waals surface area contributed by atoms with Crippen LogP contribution in [0.3, 0.4) is 0 Å². The van der Waals surface area contributed by atoms with Gasteiger partial charge in [0.05, 0.1) is 11.6 Å². The zero-order valence-corrected chi connectivity index (χ0v) is 22.7. The Morgan fingerprint density at radius 1 is 1.11 bits per heavy atom. The van der Waals surface area contributed by atoms with Crippen molar-refractivity contribution in [3.8, 4) is 0 Å². The summed E-state index contributed by atoms with van der Waals surface area (Å²) in [6.45, 7) is 2.86. The highest BCUT2D eigenvalue weighted by Crippen LogP contribution is 2.35. The molecule has 2 aromatic carbocycles. The number of sulfonamides is 1. The standard InChI is InChI=1S/C24H25Cl2FN4O6S/c1-13(2)29-12-21-30(38(36,37)20-8-5-15(25)10-17(20)26)11-18(28-24(34)35)22(32)31(21)19(23(29)33)9-14-3-6-16(27)7-4-14/h3-8,10,13,18-19,21,28H,9,11-12H2,1-2H3,(H,34,35). The molecule has 0 aliphatic carbocycles. The first-order valence-corrected chi connectivity index (χ1v) is 13.8. The summed E-state index contributed by atoms with van der Waals surface area (Å²) in [6, 6.07) is 6.20. The van der Waals surface area contributed by atoms with E-state index in [0.29, 0.717) is 5.56 Å². The zero-order valence-electron chi connectivity index (χ0n) is 20.3. The van der Waals surface area contributed by atoms with Gasteiger partial charge < -0.3 is 20.2 Å². The molecule has 3 atom stereocenters. The molecule has 14 heteroatoms. The second kappa shape index (κ2) is 10.7. The molecule has 0 aromatic heterocycles. The van der Waals surface area contributed by atoms with Gasteiger partial charge in [0, 0.05) is 24.0 Å². The number of piperazine rings is 1. The molecule has 2 aliphatic rings. The number of halogens is 3. The molecular formula is C24H25Cl2FN4O6S. The Kier molecular flexibility index (Phi) is 7.89. The number of nitrogens with one attached hydrogen (secondary N) is 1. The fraction of sp³-hybridized carbons (Fsp3) is 0.375. The Morgan fingerprint density at radius 2 is 1.76 bits per heavy atom. The fourth-order valence-corrected chi connectivity index (χ4v) is 7.12. The Balaban J connectivity index is 1.85. The first-order valence-electron chi connectivity index (χ1n) is 11.6. The van der Waals surface area contributed by atoms with Crippen LogP contribution in [0.25, 0.3) is 0 Å². The lowest BCUT2D eigenvalue weighted by atomic mass is 9.96. The normalized spacial score (nSPS) is 22.5. The molecule has 38 heavy (non-hydrogen) atoms. The molecule has 3 unspecified atom stereocenters. The van der Waals surface area contributed by atoms with Crippen LogP contribution in [-0.2, 0) is 26.0 Å². The van der Waals surface area contributed by atoms with Gasteiger partial charge in [-0.2, -0.15) is 4.31 Å². The number of amides is 3. The number of hydrogen-bond acceptors (Lipinski definition) is 5. The van der Waals surface area contributed by atoms with E-state index < -0.39 is 58.5 Å². The molecule has 2 aromatic rings. The van der Waals surface area contributed by atoms with Crippen molar-refractivity contribution in [2.75, 3.05) is 13.1 Å². The van der Waals surface area contributed by atoms with Crippen molar-refractivity contribution < 1.29 is 32.3 Å². The van der Waals surface area contributed by atoms with Crippen LogP contribution in [0.5, 0.6) is 0 Å². The minimum atomic E-state index is -4.41. The van der Waals surface area contributed by atoms with Crippen LogP contribution in [0, 0.1) is 5.82 Å². The lowest BCUT2D eigenvalue weighted by molar-refractivity contribution is -0.168. The average molecular weight is 587 g/mol. The van der Waals surface area contributed by atoms with Crippen LogP contribution in [0.15, 0.2) is 47.4 Å². The topological polar surface area (TPSA) is 127 Å². The molecule has 3 amide bonds. The zero-order chi connectivity index (χ0) is 27.9. The highest BCUT2D eigenvalue weighted by Gasteiger charge is 2.54. The van der Waals surface area contributed by atoms with Gasteiger partial charge in [0.25, 0.3) is 0 Å². The van der Waals surface area contributed by atoms with Crippen molar-refractivity contribution in [2.45, 2.75) is 49.5 Å². The van der Waals surface area contributed by atoms with Gasteiger partial charge in [0.1, 0.15) is 29.0 Å². The van der Waals surface area contributed by atoms with Crippen molar-refractivity contribution in [3.05, 3.63) is 63.9 Å². The molecule has 0 saturated carbocycles. The maximum atomic E-state index is 13.9. The molecule has 2 N–H and O–H groups in total. The highest BCUT2D eigenvalue weighted by atomic mass is 35.5. The molecule has 2 fully saturated rings. The predicted octanol–water partition coefficient (Wildman–Crippen LogP) is 2.79. The number of carbonyl (C=O) groups excluding carboxylic acids is 2. The van der Waals surface area contributed by atoms with Gasteiger partial charge in [-0.15, -0.1) is 0 Å². The van der Waals surface area contributed by atoms with E-state index >= 15 is 0 Å². The minimum absolute atomic E-state index is 0.0417. The third kappa shape index (κ3) is 5.31. The molecule has 0 radical (unpaired) electrons. The second-order valence-electron chi connectivity index (χ2n) is 9.31. The quantitative estimate of drug-likeness (QED) is 0.536. The molecule has 2 aliphatic heterocycles. The average Bonchev–Trinajstić information content (AvgIpc) is 2.82. The van der Waals surface area contributed by atoms with E-state index in [0.717, 1.165) is 9.21 Å². The van der Waals surface area contributed by atoms with E-state index in [4.69, 9.17) is 23.2 Å². The number of nitrogens with zero attached hydrogens (tertiary/aromatic N) is 3. The van der Waals surface area contributed by atoms with Crippen molar-refractivity contribution in [2.24, 2.45) is 0 Å². The van der Waals surface area contributed by atoms with Gasteiger partial charge in [-0.25, -0.2) is 17.6 Å². The highest BCUT2D eigenvalue weighted by molar-refractivity contribution is 7.89. The molecular weight excluding hydrogens is 562 g/mol. The summed E-state index contributed by atoms with van der Waals surface area (Å²) in [6.07, 6.45) is -2.73. The molecule has 204 valence electrons. The van der Waals surface area contributed by atoms with E-state index in [-0.39, 0.29) is 33.9 Å². The Bertz CT molecular complexity index is 1370. The molecule has 2 saturated heterocycles. The first-order chi connectivity index (χ1) is 17.8. The first kappa shape index (κ1) is 28.1. The Labute approximate surface area is 228 Å². The monoisotopic (exact) mass is 586 g/mol. The maximum Gasteiger partial charge on any atom is 0.405 e. The maximum absolute atomic E-state index is 13.9. The second-order valence-corrected chi connectivity index (χ2v) is 12.0. The van der Waals surface area contributed by atoms with E-state index in [1.54, 1.807) is 13.8 Å². The minimum Gasteiger partial charge on any atom is -0.465 e. The molecule has 0 spiro atoms. The van der Waals surface area contributed by atoms with Crippen molar-refractivity contribution >= 4 is 51.1 Å². The van der Waals surface area contributed by atoms with Gasteiger partial charge in [0.15, 0.2) is 0 Å². The SMILES string of the molecule is CC(C)N1CC2N(C(=O)C(NC(=O)O)CN2S(=O)(=O)c2ccc(Cl)cc2Cl)C(Cc2ccc(F)cc2)C1=O. The van der Waals surface area contributed by atoms with Crippen molar-refractivity contribution in [1.29, 1.82) is 0 Å². The largest absolute Gasteiger partial charge is 0.465 e. The summed E-state index contributed by atoms with van der Waals surface area (Å²) in [7, 11) is -4.41. The third-order valence-electron chi connectivity index (χ3n) is 6.58. The van der Waals surface area contributed by atoms with Gasteiger partial charge in [-0.3, -0.25) is 9.59 Å². The van der Waals surface area contributed by atoms with Crippen LogP contribution >= 0.6 is 23.2 Å². The van der Waals surface area contributed by atoms with Gasteiger partial charge in [-0.1, -0.05) is 35.3 Å². The summed E-state index contributed by atoms with van der Waals surface area (Å²) in [5.41, 5.74) is 0.533.